The summed E-state index contributed by atoms with van der Waals surface area (Å²) in [4.78, 5) is 51.0. The van der Waals surface area contributed by atoms with Gasteiger partial charge in [-0.15, -0.1) is 0 Å². The summed E-state index contributed by atoms with van der Waals surface area (Å²) >= 11 is 0. The van der Waals surface area contributed by atoms with Crippen LogP contribution in [0.2, 0.25) is 0 Å². The van der Waals surface area contributed by atoms with Crippen LogP contribution in [0, 0.1) is 0 Å². The first kappa shape index (κ1) is 68.7. The molecular weight excluding hydrogens is 949 g/mol. The van der Waals surface area contributed by atoms with E-state index in [0.29, 0.717) is 19.3 Å². The number of carboxylic acids is 1. The van der Waals surface area contributed by atoms with Crippen LogP contribution in [-0.2, 0) is 42.9 Å². The molecule has 1 saturated heterocycles. The minimum absolute atomic E-state index is 0.0506. The SMILES string of the molecule is CC/C=C\C/C=C\C/C=C\C/C=C\C/C=C\C/C=C\CCC(=O)OCC(COC1OC(C(=O)O)C(O)C(O)C1OC(=O)CCCCCCCCCCCCCCC)OC(=O)CCCCCCC/C=C\C/C=C\CCC. The first-order valence-electron chi connectivity index (χ1n) is 29.2. The smallest absolute Gasteiger partial charge is 0.335 e. The van der Waals surface area contributed by atoms with Gasteiger partial charge in [0.2, 0.25) is 0 Å². The topological polar surface area (TPSA) is 175 Å². The Labute approximate surface area is 453 Å². The number of aliphatic hydroxyl groups is 2. The lowest BCUT2D eigenvalue weighted by atomic mass is 9.98. The van der Waals surface area contributed by atoms with E-state index in [-0.39, 0.29) is 25.9 Å². The summed E-state index contributed by atoms with van der Waals surface area (Å²) in [7, 11) is 0. The molecule has 1 fully saturated rings. The third kappa shape index (κ3) is 40.6. The molecule has 6 unspecified atom stereocenters. The van der Waals surface area contributed by atoms with Crippen LogP contribution in [0.5, 0.6) is 0 Å². The lowest BCUT2D eigenvalue weighted by Gasteiger charge is -2.40. The van der Waals surface area contributed by atoms with E-state index in [1.807, 2.05) is 12.2 Å². The molecule has 0 aromatic carbocycles. The van der Waals surface area contributed by atoms with Gasteiger partial charge in [0.15, 0.2) is 24.6 Å². The van der Waals surface area contributed by atoms with Crippen LogP contribution in [0.1, 0.15) is 226 Å². The van der Waals surface area contributed by atoms with E-state index in [1.54, 1.807) is 0 Å². The first-order chi connectivity index (χ1) is 36.6. The fourth-order valence-electron chi connectivity index (χ4n) is 8.20. The Bertz CT molecular complexity index is 1670. The van der Waals surface area contributed by atoms with Crippen molar-refractivity contribution >= 4 is 23.9 Å². The number of aliphatic hydroxyl groups excluding tert-OH is 2. The Morgan fingerprint density at radius 2 is 0.893 bits per heavy atom. The van der Waals surface area contributed by atoms with Gasteiger partial charge >= 0.3 is 23.9 Å². The lowest BCUT2D eigenvalue weighted by molar-refractivity contribution is -0.301. The van der Waals surface area contributed by atoms with Gasteiger partial charge in [-0.25, -0.2) is 4.79 Å². The third-order valence-corrected chi connectivity index (χ3v) is 12.6. The molecule has 1 aliphatic rings. The average Bonchev–Trinajstić information content (AvgIpc) is 3.39. The number of carboxylic acid groups (broad SMARTS) is 1. The predicted molar refractivity (Wildman–Crippen MR) is 303 cm³/mol. The van der Waals surface area contributed by atoms with Crippen molar-refractivity contribution in [2.45, 2.75) is 263 Å². The highest BCUT2D eigenvalue weighted by Crippen LogP contribution is 2.26. The lowest BCUT2D eigenvalue weighted by Crippen LogP contribution is -2.61. The number of aliphatic carboxylic acids is 1. The molecule has 0 aromatic rings. The van der Waals surface area contributed by atoms with Crippen molar-refractivity contribution in [3.63, 3.8) is 0 Å². The molecule has 75 heavy (non-hydrogen) atoms. The molecule has 0 amide bonds. The van der Waals surface area contributed by atoms with Gasteiger partial charge in [0, 0.05) is 19.3 Å². The monoisotopic (exact) mass is 1050 g/mol. The van der Waals surface area contributed by atoms with Gasteiger partial charge in [0.25, 0.3) is 0 Å². The second kappa shape index (κ2) is 50.5. The zero-order valence-electron chi connectivity index (χ0n) is 46.8. The van der Waals surface area contributed by atoms with Crippen LogP contribution in [0.15, 0.2) is 97.2 Å². The van der Waals surface area contributed by atoms with E-state index < -0.39 is 67.3 Å². The van der Waals surface area contributed by atoms with E-state index in [0.717, 1.165) is 116 Å². The van der Waals surface area contributed by atoms with Gasteiger partial charge in [-0.05, 0) is 83.5 Å². The molecule has 0 bridgehead atoms. The highest BCUT2D eigenvalue weighted by molar-refractivity contribution is 5.74. The van der Waals surface area contributed by atoms with Gasteiger partial charge < -0.3 is 39.0 Å². The van der Waals surface area contributed by atoms with Crippen molar-refractivity contribution in [1.82, 2.24) is 0 Å². The van der Waals surface area contributed by atoms with Crippen LogP contribution in [0.25, 0.3) is 0 Å². The van der Waals surface area contributed by atoms with Crippen LogP contribution in [-0.4, -0.2) is 89.2 Å². The summed E-state index contributed by atoms with van der Waals surface area (Å²) in [5.74, 6) is -3.25. The maximum absolute atomic E-state index is 13.1. The largest absolute Gasteiger partial charge is 0.479 e. The number of hydrogen-bond acceptors (Lipinski definition) is 11. The van der Waals surface area contributed by atoms with Crippen molar-refractivity contribution in [3.8, 4) is 0 Å². The quantitative estimate of drug-likeness (QED) is 0.0228. The maximum Gasteiger partial charge on any atom is 0.335 e. The second-order valence-electron chi connectivity index (χ2n) is 19.5. The second-order valence-corrected chi connectivity index (χ2v) is 19.5. The Balaban J connectivity index is 2.75. The molecule has 0 aliphatic carbocycles. The molecule has 6 atom stereocenters. The van der Waals surface area contributed by atoms with Crippen molar-refractivity contribution < 1.29 is 58.2 Å². The summed E-state index contributed by atoms with van der Waals surface area (Å²) in [6, 6.07) is 0. The van der Waals surface area contributed by atoms with E-state index >= 15 is 0 Å². The Morgan fingerprint density at radius 1 is 0.453 bits per heavy atom. The minimum Gasteiger partial charge on any atom is -0.479 e. The first-order valence-corrected chi connectivity index (χ1v) is 29.2. The van der Waals surface area contributed by atoms with Crippen LogP contribution in [0.3, 0.4) is 0 Å². The normalized spacial score (nSPS) is 18.9. The standard InChI is InChI=1S/C63H102O12/c1-4-7-10-13-16-19-22-25-26-27-28-29-30-33-34-37-40-43-46-49-55(64)71-52-54(73-56(65)50-47-44-41-38-35-31-23-20-17-14-11-8-5-2)53-72-63-61(59(68)58(67)60(75-63)62(69)70)74-57(66)51-48-45-42-39-36-32-24-21-18-15-12-9-6-3/h7,10-11,14,16,19-20,23,25-26,28-29,33-34,40,43,54,58-61,63,67-68H,4-6,8-9,12-13,15,17-18,21-22,24,27,30-32,35-39,41-42,44-53H2,1-3H3,(H,69,70)/b10-7-,14-11-,19-16-,23-20-,26-25-,29-28-,34-33-,43-40-. The molecule has 12 heteroatoms. The van der Waals surface area contributed by atoms with E-state index in [2.05, 4.69) is 106 Å². The summed E-state index contributed by atoms with van der Waals surface area (Å²) < 4.78 is 28.3. The number of unbranched alkanes of at least 4 members (excludes halogenated alkanes) is 18. The number of allylic oxidation sites excluding steroid dienone is 16. The number of carbonyl (C=O) groups excluding carboxylic acids is 3. The van der Waals surface area contributed by atoms with Crippen molar-refractivity contribution in [2.24, 2.45) is 0 Å². The van der Waals surface area contributed by atoms with Crippen LogP contribution < -0.4 is 0 Å². The Morgan fingerprint density at radius 3 is 1.39 bits per heavy atom. The molecule has 12 nitrogen and oxygen atoms in total. The van der Waals surface area contributed by atoms with Gasteiger partial charge in [0.1, 0.15) is 18.8 Å². The fourth-order valence-corrected chi connectivity index (χ4v) is 8.20. The van der Waals surface area contributed by atoms with E-state index in [1.165, 1.54) is 51.4 Å². The molecule has 0 aromatic heterocycles. The predicted octanol–water partition coefficient (Wildman–Crippen LogP) is 14.9. The maximum atomic E-state index is 13.1. The summed E-state index contributed by atoms with van der Waals surface area (Å²) in [5, 5.41) is 31.4. The van der Waals surface area contributed by atoms with Gasteiger partial charge in [-0.2, -0.15) is 0 Å². The molecule has 1 rings (SSSR count). The van der Waals surface area contributed by atoms with E-state index in [4.69, 9.17) is 23.7 Å². The van der Waals surface area contributed by atoms with Gasteiger partial charge in [0.05, 0.1) is 6.61 Å². The van der Waals surface area contributed by atoms with Gasteiger partial charge in [-0.1, -0.05) is 221 Å². The molecule has 1 heterocycles. The molecule has 3 N–H and O–H groups in total. The van der Waals surface area contributed by atoms with Crippen molar-refractivity contribution in [1.29, 1.82) is 0 Å². The number of hydrogen-bond donors (Lipinski definition) is 3. The molecular formula is C63H102O12. The number of rotatable bonds is 48. The highest BCUT2D eigenvalue weighted by Gasteiger charge is 2.50. The molecule has 0 spiro atoms. The van der Waals surface area contributed by atoms with Gasteiger partial charge in [-0.3, -0.25) is 14.4 Å². The molecule has 0 saturated carbocycles. The summed E-state index contributed by atoms with van der Waals surface area (Å²) in [6.45, 7) is 5.72. The zero-order valence-corrected chi connectivity index (χ0v) is 46.8. The summed E-state index contributed by atoms with van der Waals surface area (Å²) in [6.07, 6.45) is 53.9. The van der Waals surface area contributed by atoms with Crippen LogP contribution >= 0.6 is 0 Å². The van der Waals surface area contributed by atoms with Crippen molar-refractivity contribution in [3.05, 3.63) is 97.2 Å². The molecule has 0 radical (unpaired) electrons. The molecule has 426 valence electrons. The van der Waals surface area contributed by atoms with E-state index in [9.17, 15) is 34.5 Å². The average molecular weight is 1050 g/mol. The Hall–Kier alpha value is -4.36. The van der Waals surface area contributed by atoms with Crippen LogP contribution in [0.4, 0.5) is 0 Å². The molecule has 1 aliphatic heterocycles. The zero-order chi connectivity index (χ0) is 54.7. The Kier molecular flexibility index (Phi) is 46.2. The fraction of sp³-hybridized carbons (Fsp3) is 0.683. The highest BCUT2D eigenvalue weighted by atomic mass is 16.7. The van der Waals surface area contributed by atoms with Crippen molar-refractivity contribution in [2.75, 3.05) is 13.2 Å². The third-order valence-electron chi connectivity index (χ3n) is 12.6. The number of esters is 3. The minimum atomic E-state index is -1.92. The number of ether oxygens (including phenoxy) is 5. The number of carbonyl (C=O) groups is 4. The summed E-state index contributed by atoms with van der Waals surface area (Å²) in [5.41, 5.74) is 0.